The molecule has 0 saturated heterocycles. The molecule has 2 heteroatoms. The molecule has 3 rings (SSSR count). The first kappa shape index (κ1) is 17.4. The summed E-state index contributed by atoms with van der Waals surface area (Å²) in [6.07, 6.45) is 9.81. The Morgan fingerprint density at radius 3 is 2.38 bits per heavy atom. The summed E-state index contributed by atoms with van der Waals surface area (Å²) >= 11 is 0. The van der Waals surface area contributed by atoms with Crippen LogP contribution in [-0.4, -0.2) is 50.6 Å². The zero-order valence-corrected chi connectivity index (χ0v) is 15.7. The SMILES string of the molecule is CN(C)CC1=C(C2CCC(N(C)C)CC2c2ccccc2)CC=C1. The Morgan fingerprint density at radius 1 is 0.958 bits per heavy atom. The predicted molar refractivity (Wildman–Crippen MR) is 103 cm³/mol. The van der Waals surface area contributed by atoms with Crippen LogP contribution in [-0.2, 0) is 0 Å². The third-order valence-electron chi connectivity index (χ3n) is 5.78. The van der Waals surface area contributed by atoms with E-state index in [9.17, 15) is 0 Å². The van der Waals surface area contributed by atoms with Crippen LogP contribution in [0.3, 0.4) is 0 Å². The van der Waals surface area contributed by atoms with Gasteiger partial charge in [0.1, 0.15) is 0 Å². The van der Waals surface area contributed by atoms with Crippen molar-refractivity contribution >= 4 is 0 Å². The van der Waals surface area contributed by atoms with Gasteiger partial charge in [0.15, 0.2) is 0 Å². The average Bonchev–Trinajstić information content (AvgIpc) is 3.02. The Balaban J connectivity index is 1.90. The number of rotatable bonds is 5. The molecule has 2 aliphatic carbocycles. The molecule has 0 spiro atoms. The number of hydrogen-bond acceptors (Lipinski definition) is 2. The topological polar surface area (TPSA) is 6.48 Å². The van der Waals surface area contributed by atoms with Crippen LogP contribution in [0.2, 0.25) is 0 Å². The number of allylic oxidation sites excluding steroid dienone is 2. The number of hydrogen-bond donors (Lipinski definition) is 0. The van der Waals surface area contributed by atoms with E-state index in [4.69, 9.17) is 0 Å². The molecule has 130 valence electrons. The van der Waals surface area contributed by atoms with E-state index in [-0.39, 0.29) is 0 Å². The molecule has 0 bridgehead atoms. The first-order valence-corrected chi connectivity index (χ1v) is 9.31. The highest BCUT2D eigenvalue weighted by Gasteiger charge is 2.35. The largest absolute Gasteiger partial charge is 0.306 e. The van der Waals surface area contributed by atoms with Crippen molar-refractivity contribution in [2.24, 2.45) is 5.92 Å². The van der Waals surface area contributed by atoms with Crippen LogP contribution in [0.1, 0.15) is 37.2 Å². The molecule has 3 unspecified atom stereocenters. The normalized spacial score (nSPS) is 27.5. The van der Waals surface area contributed by atoms with Gasteiger partial charge in [-0.15, -0.1) is 0 Å². The Kier molecular flexibility index (Phi) is 5.57. The molecule has 3 atom stereocenters. The van der Waals surface area contributed by atoms with Gasteiger partial charge in [-0.25, -0.2) is 0 Å². The van der Waals surface area contributed by atoms with E-state index in [2.05, 4.69) is 80.5 Å². The zero-order valence-electron chi connectivity index (χ0n) is 15.7. The third-order valence-corrected chi connectivity index (χ3v) is 5.78. The molecule has 0 aliphatic heterocycles. The smallest absolute Gasteiger partial charge is 0.0227 e. The molecule has 24 heavy (non-hydrogen) atoms. The lowest BCUT2D eigenvalue weighted by atomic mass is 9.69. The Bertz CT molecular complexity index is 598. The second-order valence-electron chi connectivity index (χ2n) is 7.95. The molecule has 0 amide bonds. The van der Waals surface area contributed by atoms with E-state index in [1.807, 2.05) is 0 Å². The van der Waals surface area contributed by atoms with Gasteiger partial charge in [-0.1, -0.05) is 48.1 Å². The minimum absolute atomic E-state index is 0.652. The number of nitrogens with zero attached hydrogens (tertiary/aromatic N) is 2. The maximum absolute atomic E-state index is 2.42. The molecule has 2 nitrogen and oxygen atoms in total. The summed E-state index contributed by atoms with van der Waals surface area (Å²) in [5.41, 5.74) is 4.79. The van der Waals surface area contributed by atoms with Crippen LogP contribution in [0, 0.1) is 5.92 Å². The second kappa shape index (κ2) is 7.67. The molecule has 1 aromatic rings. The minimum Gasteiger partial charge on any atom is -0.306 e. The zero-order chi connectivity index (χ0) is 17.1. The number of benzene rings is 1. The summed E-state index contributed by atoms with van der Waals surface area (Å²) in [5, 5.41) is 0. The van der Waals surface area contributed by atoms with Crippen molar-refractivity contribution in [3.05, 3.63) is 59.2 Å². The van der Waals surface area contributed by atoms with Gasteiger partial charge in [0.05, 0.1) is 0 Å². The second-order valence-corrected chi connectivity index (χ2v) is 7.95. The van der Waals surface area contributed by atoms with Gasteiger partial charge < -0.3 is 9.80 Å². The van der Waals surface area contributed by atoms with Crippen molar-refractivity contribution in [3.8, 4) is 0 Å². The Morgan fingerprint density at radius 2 is 1.71 bits per heavy atom. The number of likely N-dealkylation sites (N-methyl/N-ethyl adjacent to an activating group) is 1. The molecule has 1 aromatic carbocycles. The van der Waals surface area contributed by atoms with Crippen LogP contribution in [0.15, 0.2) is 53.6 Å². The predicted octanol–water partition coefficient (Wildman–Crippen LogP) is 4.32. The fraction of sp³-hybridized carbons (Fsp3) is 0.545. The lowest BCUT2D eigenvalue weighted by Gasteiger charge is -2.40. The van der Waals surface area contributed by atoms with Gasteiger partial charge in [-0.05, 0) is 76.8 Å². The molecule has 0 N–H and O–H groups in total. The van der Waals surface area contributed by atoms with E-state index in [0.29, 0.717) is 17.9 Å². The van der Waals surface area contributed by atoms with Crippen LogP contribution < -0.4 is 0 Å². The molecule has 2 aliphatic rings. The van der Waals surface area contributed by atoms with Crippen molar-refractivity contribution in [2.75, 3.05) is 34.7 Å². The quantitative estimate of drug-likeness (QED) is 0.796. The maximum Gasteiger partial charge on any atom is 0.0227 e. The Labute approximate surface area is 147 Å². The molecule has 1 saturated carbocycles. The van der Waals surface area contributed by atoms with E-state index < -0.39 is 0 Å². The first-order valence-electron chi connectivity index (χ1n) is 9.31. The summed E-state index contributed by atoms with van der Waals surface area (Å²) in [4.78, 5) is 4.72. The Hall–Kier alpha value is -1.38. The standard InChI is InChI=1S/C22H32N2/c1-23(2)16-18-11-8-12-20(18)21-14-13-19(24(3)4)15-22(21)17-9-6-5-7-10-17/h5-11,19,21-22H,12-16H2,1-4H3. The minimum atomic E-state index is 0.652. The van der Waals surface area contributed by atoms with Gasteiger partial charge in [0.2, 0.25) is 0 Å². The van der Waals surface area contributed by atoms with E-state index in [0.717, 1.165) is 13.0 Å². The average molecular weight is 325 g/mol. The van der Waals surface area contributed by atoms with E-state index >= 15 is 0 Å². The third kappa shape index (κ3) is 3.81. The lowest BCUT2D eigenvalue weighted by molar-refractivity contribution is 0.183. The fourth-order valence-corrected chi connectivity index (χ4v) is 4.55. The summed E-state index contributed by atoms with van der Waals surface area (Å²) < 4.78 is 0. The van der Waals surface area contributed by atoms with Gasteiger partial charge in [0, 0.05) is 12.6 Å². The van der Waals surface area contributed by atoms with Crippen LogP contribution >= 0.6 is 0 Å². The summed E-state index contributed by atoms with van der Waals surface area (Å²) in [5.74, 6) is 1.35. The molecule has 0 radical (unpaired) electrons. The molecule has 0 heterocycles. The summed E-state index contributed by atoms with van der Waals surface area (Å²) in [7, 11) is 8.82. The van der Waals surface area contributed by atoms with Crippen molar-refractivity contribution in [1.29, 1.82) is 0 Å². The van der Waals surface area contributed by atoms with Gasteiger partial charge >= 0.3 is 0 Å². The van der Waals surface area contributed by atoms with Crippen LogP contribution in [0.25, 0.3) is 0 Å². The first-order chi connectivity index (χ1) is 11.6. The lowest BCUT2D eigenvalue weighted by Crippen LogP contribution is -2.36. The van der Waals surface area contributed by atoms with Crippen molar-refractivity contribution in [2.45, 2.75) is 37.6 Å². The molecular formula is C22H32N2. The molecule has 1 fully saturated rings. The highest BCUT2D eigenvalue weighted by Crippen LogP contribution is 2.45. The summed E-state index contributed by atoms with van der Waals surface area (Å²) in [6.45, 7) is 1.07. The monoisotopic (exact) mass is 324 g/mol. The van der Waals surface area contributed by atoms with Crippen molar-refractivity contribution in [1.82, 2.24) is 9.80 Å². The van der Waals surface area contributed by atoms with E-state index in [1.54, 1.807) is 11.1 Å². The maximum atomic E-state index is 2.42. The van der Waals surface area contributed by atoms with Gasteiger partial charge in [-0.2, -0.15) is 0 Å². The van der Waals surface area contributed by atoms with Crippen molar-refractivity contribution in [3.63, 3.8) is 0 Å². The van der Waals surface area contributed by atoms with Crippen molar-refractivity contribution < 1.29 is 0 Å². The van der Waals surface area contributed by atoms with Crippen LogP contribution in [0.4, 0.5) is 0 Å². The summed E-state index contributed by atoms with van der Waals surface area (Å²) in [6, 6.07) is 11.9. The van der Waals surface area contributed by atoms with E-state index in [1.165, 1.54) is 24.8 Å². The fourth-order valence-electron chi connectivity index (χ4n) is 4.55. The molecular weight excluding hydrogens is 292 g/mol. The van der Waals surface area contributed by atoms with Crippen LogP contribution in [0.5, 0.6) is 0 Å². The van der Waals surface area contributed by atoms with Gasteiger partial charge in [0.25, 0.3) is 0 Å². The highest BCUT2D eigenvalue weighted by atomic mass is 15.1. The highest BCUT2D eigenvalue weighted by molar-refractivity contribution is 5.39. The molecule has 0 aromatic heterocycles. The van der Waals surface area contributed by atoms with Gasteiger partial charge in [-0.3, -0.25) is 0 Å².